The summed E-state index contributed by atoms with van der Waals surface area (Å²) in [6, 6.07) is 4.44. The molecule has 0 spiro atoms. The second kappa shape index (κ2) is 5.12. The van der Waals surface area contributed by atoms with Crippen LogP contribution < -0.4 is 0 Å². The first kappa shape index (κ1) is 14.3. The second-order valence-electron chi connectivity index (χ2n) is 5.30. The van der Waals surface area contributed by atoms with E-state index in [9.17, 15) is 18.4 Å². The Morgan fingerprint density at radius 1 is 1.00 bits per heavy atom. The fourth-order valence-electron chi connectivity index (χ4n) is 2.71. The predicted molar refractivity (Wildman–Crippen MR) is 76.6 cm³/mol. The van der Waals surface area contributed by atoms with Gasteiger partial charge in [0, 0.05) is 24.0 Å². The van der Waals surface area contributed by atoms with Crippen LogP contribution in [0.25, 0.3) is 0 Å². The zero-order chi connectivity index (χ0) is 16.8. The van der Waals surface area contributed by atoms with E-state index in [0.29, 0.717) is 0 Å². The van der Waals surface area contributed by atoms with Crippen LogP contribution in [-0.2, 0) is 6.54 Å². The molecule has 6 nitrogen and oxygen atoms in total. The molecular formula is C16H8F2N4O2. The number of rotatable bonds is 2. The topological polar surface area (TPSA) is 77.7 Å². The van der Waals surface area contributed by atoms with Crippen LogP contribution in [0.4, 0.5) is 8.78 Å². The third-order valence-electron chi connectivity index (χ3n) is 3.73. The summed E-state index contributed by atoms with van der Waals surface area (Å²) in [7, 11) is 0. The van der Waals surface area contributed by atoms with Gasteiger partial charge in [-0.25, -0.2) is 13.5 Å². The van der Waals surface area contributed by atoms with Gasteiger partial charge in [-0.15, -0.1) is 5.10 Å². The minimum atomic E-state index is -0.740. The Hall–Kier alpha value is -3.29. The number of hydrogen-bond donors (Lipinski definition) is 0. The Morgan fingerprint density at radius 3 is 2.50 bits per heavy atom. The third kappa shape index (κ3) is 2.11. The lowest BCUT2D eigenvalue weighted by molar-refractivity contribution is 0.0970. The first-order valence-electron chi connectivity index (χ1n) is 6.96. The predicted octanol–water partition coefficient (Wildman–Crippen LogP) is 1.77. The molecule has 0 saturated heterocycles. The molecule has 2 heterocycles. The highest BCUT2D eigenvalue weighted by Gasteiger charge is 2.35. The van der Waals surface area contributed by atoms with Gasteiger partial charge in [0.25, 0.3) is 0 Å². The molecule has 0 aliphatic heterocycles. The third-order valence-corrected chi connectivity index (χ3v) is 3.73. The van der Waals surface area contributed by atoms with Crippen LogP contribution >= 0.6 is 0 Å². The number of carbonyl (C=O) groups is 2. The summed E-state index contributed by atoms with van der Waals surface area (Å²) in [6.07, 6.45) is 2.71. The first-order chi connectivity index (χ1) is 11.5. The molecule has 0 saturated carbocycles. The molecular weight excluding hydrogens is 318 g/mol. The van der Waals surface area contributed by atoms with Gasteiger partial charge < -0.3 is 0 Å². The summed E-state index contributed by atoms with van der Waals surface area (Å²) in [6.45, 7) is -0.0916. The van der Waals surface area contributed by atoms with Crippen LogP contribution in [0.5, 0.6) is 0 Å². The number of halogens is 2. The van der Waals surface area contributed by atoms with E-state index in [1.165, 1.54) is 23.1 Å². The maximum Gasteiger partial charge on any atom is 0.216 e. The zero-order valence-electron chi connectivity index (χ0n) is 12.0. The van der Waals surface area contributed by atoms with Crippen molar-refractivity contribution in [2.45, 2.75) is 6.54 Å². The Labute approximate surface area is 133 Å². The normalized spacial score (nSPS) is 12.9. The summed E-state index contributed by atoms with van der Waals surface area (Å²) in [4.78, 5) is 28.9. The van der Waals surface area contributed by atoms with Crippen molar-refractivity contribution in [2.75, 3.05) is 0 Å². The quantitative estimate of drug-likeness (QED) is 0.561. The van der Waals surface area contributed by atoms with E-state index >= 15 is 0 Å². The van der Waals surface area contributed by atoms with Crippen molar-refractivity contribution in [3.8, 4) is 0 Å². The van der Waals surface area contributed by atoms with Crippen molar-refractivity contribution in [1.29, 1.82) is 0 Å². The first-order valence-corrected chi connectivity index (χ1v) is 6.96. The van der Waals surface area contributed by atoms with Gasteiger partial charge in [0.2, 0.25) is 11.6 Å². The van der Waals surface area contributed by atoms with E-state index in [1.54, 1.807) is 0 Å². The van der Waals surface area contributed by atoms with E-state index in [2.05, 4.69) is 15.3 Å². The molecule has 4 rings (SSSR count). The summed E-state index contributed by atoms with van der Waals surface area (Å²) >= 11 is 0. The number of ketones is 2. The van der Waals surface area contributed by atoms with Crippen molar-refractivity contribution in [3.63, 3.8) is 0 Å². The minimum Gasteiger partial charge on any atom is -0.287 e. The molecule has 1 aromatic carbocycles. The van der Waals surface area contributed by atoms with Gasteiger partial charge in [-0.05, 0) is 23.8 Å². The molecule has 0 radical (unpaired) electrons. The maximum absolute atomic E-state index is 13.3. The number of carbonyl (C=O) groups excluding carboxylic acids is 2. The van der Waals surface area contributed by atoms with Crippen LogP contribution in [-0.4, -0.2) is 31.5 Å². The summed E-state index contributed by atoms with van der Waals surface area (Å²) in [5.41, 5.74) is 0.550. The molecule has 0 N–H and O–H groups in total. The molecule has 2 aromatic heterocycles. The average Bonchev–Trinajstić information content (AvgIpc) is 2.96. The lowest BCUT2D eigenvalue weighted by Gasteiger charge is -2.14. The van der Waals surface area contributed by atoms with Gasteiger partial charge >= 0.3 is 0 Å². The Kier molecular flexibility index (Phi) is 3.05. The molecule has 1 aliphatic carbocycles. The fourth-order valence-corrected chi connectivity index (χ4v) is 2.71. The van der Waals surface area contributed by atoms with Gasteiger partial charge in [0.15, 0.2) is 5.69 Å². The Balaban J connectivity index is 1.80. The van der Waals surface area contributed by atoms with Gasteiger partial charge in [0.05, 0.1) is 12.1 Å². The SMILES string of the molecule is O=C1c2ccncc2C(=O)c2c1nnn2Cc1cc(F)cc(F)c1. The highest BCUT2D eigenvalue weighted by Crippen LogP contribution is 2.25. The Bertz CT molecular complexity index is 993. The van der Waals surface area contributed by atoms with Gasteiger partial charge in [-0.1, -0.05) is 5.21 Å². The van der Waals surface area contributed by atoms with Crippen LogP contribution in [0.3, 0.4) is 0 Å². The summed E-state index contributed by atoms with van der Waals surface area (Å²) < 4.78 is 27.8. The highest BCUT2D eigenvalue weighted by molar-refractivity contribution is 6.26. The summed E-state index contributed by atoms with van der Waals surface area (Å²) in [5.74, 6) is -2.36. The molecule has 0 atom stereocenters. The van der Waals surface area contributed by atoms with Crippen molar-refractivity contribution in [2.24, 2.45) is 0 Å². The largest absolute Gasteiger partial charge is 0.287 e. The standard InChI is InChI=1S/C16H8F2N4O2/c17-9-3-8(4-10(18)5-9)7-22-14-13(20-21-22)15(23)11-1-2-19-6-12(11)16(14)24/h1-6H,7H2. The number of fused-ring (bicyclic) bond motifs is 2. The fraction of sp³-hybridized carbons (Fsp3) is 0.0625. The average molecular weight is 326 g/mol. The Morgan fingerprint density at radius 2 is 1.75 bits per heavy atom. The van der Waals surface area contributed by atoms with Gasteiger partial charge in [-0.3, -0.25) is 14.6 Å². The molecule has 0 bridgehead atoms. The van der Waals surface area contributed by atoms with E-state index < -0.39 is 23.2 Å². The van der Waals surface area contributed by atoms with Crippen LogP contribution in [0, 0.1) is 11.6 Å². The van der Waals surface area contributed by atoms with E-state index in [4.69, 9.17) is 0 Å². The minimum absolute atomic E-state index is 0.00910. The van der Waals surface area contributed by atoms with Crippen molar-refractivity contribution < 1.29 is 18.4 Å². The number of aromatic nitrogens is 4. The van der Waals surface area contributed by atoms with E-state index in [1.807, 2.05) is 0 Å². The van der Waals surface area contributed by atoms with E-state index in [0.717, 1.165) is 18.2 Å². The molecule has 118 valence electrons. The summed E-state index contributed by atoms with van der Waals surface area (Å²) in [5, 5.41) is 7.56. The number of pyridine rings is 1. The molecule has 3 aromatic rings. The molecule has 8 heteroatoms. The lowest BCUT2D eigenvalue weighted by Crippen LogP contribution is -2.24. The second-order valence-corrected chi connectivity index (χ2v) is 5.30. The van der Waals surface area contributed by atoms with E-state index in [-0.39, 0.29) is 34.6 Å². The van der Waals surface area contributed by atoms with Gasteiger partial charge in [-0.2, -0.15) is 0 Å². The number of hydrogen-bond acceptors (Lipinski definition) is 5. The van der Waals surface area contributed by atoms with Gasteiger partial charge in [0.1, 0.15) is 17.3 Å². The molecule has 0 fully saturated rings. The van der Waals surface area contributed by atoms with Crippen molar-refractivity contribution in [1.82, 2.24) is 20.0 Å². The molecule has 0 amide bonds. The monoisotopic (exact) mass is 326 g/mol. The van der Waals surface area contributed by atoms with Crippen molar-refractivity contribution in [3.05, 3.63) is 76.4 Å². The van der Waals surface area contributed by atoms with Crippen LogP contribution in [0.2, 0.25) is 0 Å². The molecule has 24 heavy (non-hydrogen) atoms. The number of nitrogens with zero attached hydrogens (tertiary/aromatic N) is 4. The maximum atomic E-state index is 13.3. The van der Waals surface area contributed by atoms with Crippen molar-refractivity contribution >= 4 is 11.6 Å². The van der Waals surface area contributed by atoms with Crippen LogP contribution in [0.1, 0.15) is 37.7 Å². The van der Waals surface area contributed by atoms with Crippen LogP contribution in [0.15, 0.2) is 36.7 Å². The lowest BCUT2D eigenvalue weighted by atomic mass is 9.91. The molecule has 0 unspecified atom stereocenters. The zero-order valence-corrected chi connectivity index (χ0v) is 12.0. The smallest absolute Gasteiger partial charge is 0.216 e. The molecule has 1 aliphatic rings. The highest BCUT2D eigenvalue weighted by atomic mass is 19.1. The number of benzene rings is 1.